The van der Waals surface area contributed by atoms with Crippen molar-refractivity contribution in [2.24, 2.45) is 0 Å². The number of hydrogen-bond donors (Lipinski definition) is 4. The molecule has 1 aromatic rings. The molecule has 0 unspecified atom stereocenters. The van der Waals surface area contributed by atoms with E-state index >= 15 is 0 Å². The van der Waals surface area contributed by atoms with Gasteiger partial charge in [-0.2, -0.15) is 0 Å². The maximum Gasteiger partial charge on any atom is 0.200 e. The lowest BCUT2D eigenvalue weighted by Gasteiger charge is -2.48. The summed E-state index contributed by atoms with van der Waals surface area (Å²) in [5.41, 5.74) is -1.49. The fourth-order valence-corrected chi connectivity index (χ4v) is 4.70. The Bertz CT molecular complexity index is 1110. The van der Waals surface area contributed by atoms with Gasteiger partial charge in [0.25, 0.3) is 0 Å². The summed E-state index contributed by atoms with van der Waals surface area (Å²) in [6.45, 7) is 4.95. The zero-order chi connectivity index (χ0) is 23.4. The largest absolute Gasteiger partial charge is 0.507 e. The van der Waals surface area contributed by atoms with E-state index in [1.54, 1.807) is 13.8 Å². The molecule has 0 saturated carbocycles. The van der Waals surface area contributed by atoms with Gasteiger partial charge >= 0.3 is 0 Å². The number of phenols is 2. The SMILES string of the molecule is CC1=CC[C@@]23OC(C)(C)[C@@H](O)C=C2C(=O)c2c(cc(O)c(c2O)CC(CO)=CCC1)C3=O. The van der Waals surface area contributed by atoms with Crippen molar-refractivity contribution in [2.75, 3.05) is 6.61 Å². The molecule has 0 amide bonds. The summed E-state index contributed by atoms with van der Waals surface area (Å²) < 4.78 is 6.19. The first-order valence-corrected chi connectivity index (χ1v) is 10.7. The van der Waals surface area contributed by atoms with E-state index in [0.717, 1.165) is 5.57 Å². The van der Waals surface area contributed by atoms with Gasteiger partial charge in [0.2, 0.25) is 5.78 Å². The topological polar surface area (TPSA) is 124 Å². The van der Waals surface area contributed by atoms with E-state index in [1.807, 2.05) is 19.1 Å². The Morgan fingerprint density at radius 1 is 1.19 bits per heavy atom. The number of fused-ring (bicyclic) bond motifs is 1. The van der Waals surface area contributed by atoms with Gasteiger partial charge in [-0.3, -0.25) is 9.59 Å². The van der Waals surface area contributed by atoms with Crippen molar-refractivity contribution in [1.82, 2.24) is 0 Å². The van der Waals surface area contributed by atoms with E-state index < -0.39 is 34.6 Å². The summed E-state index contributed by atoms with van der Waals surface area (Å²) in [4.78, 5) is 27.4. The third kappa shape index (κ3) is 3.32. The second kappa shape index (κ2) is 7.69. The number of allylic oxidation sites excluding steroid dienone is 2. The number of aliphatic hydroxyl groups is 2. The molecule has 7 heteroatoms. The van der Waals surface area contributed by atoms with E-state index in [9.17, 15) is 30.0 Å². The number of hydrogen-bond acceptors (Lipinski definition) is 7. The van der Waals surface area contributed by atoms with Crippen molar-refractivity contribution >= 4 is 11.6 Å². The first kappa shape index (κ1) is 22.5. The maximum absolute atomic E-state index is 13.8. The van der Waals surface area contributed by atoms with Crippen molar-refractivity contribution in [3.8, 4) is 11.5 Å². The van der Waals surface area contributed by atoms with Crippen LogP contribution in [0.2, 0.25) is 0 Å². The molecule has 1 aliphatic heterocycles. The molecular formula is C25H28O7. The van der Waals surface area contributed by atoms with Crippen LogP contribution in [0.3, 0.4) is 0 Å². The highest BCUT2D eigenvalue weighted by Crippen LogP contribution is 2.49. The van der Waals surface area contributed by atoms with Crippen molar-refractivity contribution < 1.29 is 34.8 Å². The van der Waals surface area contributed by atoms with Crippen LogP contribution >= 0.6 is 0 Å². The zero-order valence-corrected chi connectivity index (χ0v) is 18.4. The van der Waals surface area contributed by atoms with Crippen LogP contribution < -0.4 is 0 Å². The fraction of sp³-hybridized carbons (Fsp3) is 0.440. The van der Waals surface area contributed by atoms with Crippen LogP contribution in [0.1, 0.15) is 66.3 Å². The number of aromatic hydroxyl groups is 2. The molecule has 0 aromatic heterocycles. The Morgan fingerprint density at radius 2 is 1.91 bits per heavy atom. The minimum absolute atomic E-state index is 0.00667. The summed E-state index contributed by atoms with van der Waals surface area (Å²) >= 11 is 0. The molecule has 170 valence electrons. The van der Waals surface area contributed by atoms with Crippen LogP contribution in [0.4, 0.5) is 0 Å². The Labute approximate surface area is 186 Å². The zero-order valence-electron chi connectivity index (χ0n) is 18.4. The number of ether oxygens (including phenoxy) is 1. The number of phenolic OH excluding ortho intramolecular Hbond substituents is 2. The minimum atomic E-state index is -1.66. The first-order valence-electron chi connectivity index (χ1n) is 10.7. The van der Waals surface area contributed by atoms with Gasteiger partial charge in [-0.15, -0.1) is 0 Å². The average Bonchev–Trinajstić information content (AvgIpc) is 2.73. The van der Waals surface area contributed by atoms with Crippen LogP contribution in [-0.4, -0.2) is 55.9 Å². The molecule has 4 aliphatic carbocycles. The molecule has 4 N–H and O–H groups in total. The van der Waals surface area contributed by atoms with Crippen molar-refractivity contribution in [2.45, 2.75) is 63.8 Å². The third-order valence-electron chi connectivity index (χ3n) is 6.69. The lowest BCUT2D eigenvalue weighted by Crippen LogP contribution is -2.59. The molecule has 1 heterocycles. The number of aliphatic hydroxyl groups excluding tert-OH is 2. The Balaban J connectivity index is 2.04. The quantitative estimate of drug-likeness (QED) is 0.495. The average molecular weight is 440 g/mol. The van der Waals surface area contributed by atoms with Gasteiger partial charge in [-0.25, -0.2) is 0 Å². The van der Waals surface area contributed by atoms with E-state index in [4.69, 9.17) is 4.74 Å². The third-order valence-corrected chi connectivity index (χ3v) is 6.69. The van der Waals surface area contributed by atoms with Crippen LogP contribution in [0.25, 0.3) is 0 Å². The molecule has 1 aromatic carbocycles. The molecule has 0 fully saturated rings. The van der Waals surface area contributed by atoms with Crippen molar-refractivity contribution in [1.29, 1.82) is 0 Å². The van der Waals surface area contributed by atoms with Gasteiger partial charge in [-0.1, -0.05) is 17.7 Å². The summed E-state index contributed by atoms with van der Waals surface area (Å²) in [6.07, 6.45) is 5.32. The highest BCUT2D eigenvalue weighted by atomic mass is 16.5. The lowest BCUT2D eigenvalue weighted by molar-refractivity contribution is -0.150. The summed E-state index contributed by atoms with van der Waals surface area (Å²) in [6, 6.07) is 1.20. The highest BCUT2D eigenvalue weighted by Gasteiger charge is 2.57. The maximum atomic E-state index is 13.8. The standard InChI is InChI=1S/C25H28O7/c1-13-5-4-6-14(12-26)9-15-18(27)10-16-20(21(15)29)22(30)17-11-19(28)24(2,3)32-25(17,8-7-13)23(16)31/h6-7,10-11,19,26-29H,4-5,8-9,12H2,1-3H3/t19-,25+/m0/s1. The molecule has 0 saturated heterocycles. The van der Waals surface area contributed by atoms with Gasteiger partial charge in [0.15, 0.2) is 11.4 Å². The van der Waals surface area contributed by atoms with Gasteiger partial charge in [0.05, 0.1) is 17.8 Å². The summed E-state index contributed by atoms with van der Waals surface area (Å²) in [5, 5.41) is 41.9. The van der Waals surface area contributed by atoms with Gasteiger partial charge in [0.1, 0.15) is 17.6 Å². The van der Waals surface area contributed by atoms with Gasteiger partial charge in [0, 0.05) is 29.5 Å². The molecule has 4 bridgehead atoms. The van der Waals surface area contributed by atoms with Crippen molar-refractivity contribution in [3.63, 3.8) is 0 Å². The monoisotopic (exact) mass is 440 g/mol. The number of Topliss-reactive ketones (excluding diaryl/α,β-unsaturated/α-hetero) is 2. The Kier molecular flexibility index (Phi) is 5.40. The number of carbonyl (C=O) groups excluding carboxylic acids is 2. The molecule has 0 radical (unpaired) electrons. The van der Waals surface area contributed by atoms with Crippen LogP contribution in [0, 0.1) is 0 Å². The van der Waals surface area contributed by atoms with E-state index in [1.165, 1.54) is 12.1 Å². The van der Waals surface area contributed by atoms with E-state index in [0.29, 0.717) is 18.4 Å². The second-order valence-corrected chi connectivity index (χ2v) is 9.35. The lowest BCUT2D eigenvalue weighted by atomic mass is 9.68. The van der Waals surface area contributed by atoms with Crippen LogP contribution in [-0.2, 0) is 11.2 Å². The Hall–Kier alpha value is -2.74. The number of carbonyl (C=O) groups is 2. The van der Waals surface area contributed by atoms with Crippen LogP contribution in [0.5, 0.6) is 11.5 Å². The van der Waals surface area contributed by atoms with Gasteiger partial charge < -0.3 is 25.2 Å². The van der Waals surface area contributed by atoms with Gasteiger partial charge in [-0.05, 0) is 51.3 Å². The molecule has 1 spiro atoms. The molecule has 2 atom stereocenters. The predicted molar refractivity (Wildman–Crippen MR) is 117 cm³/mol. The van der Waals surface area contributed by atoms with Crippen LogP contribution in [0.15, 0.2) is 41.0 Å². The van der Waals surface area contributed by atoms with Crippen molar-refractivity contribution in [3.05, 3.63) is 57.7 Å². The van der Waals surface area contributed by atoms with E-state index in [2.05, 4.69) is 0 Å². The smallest absolute Gasteiger partial charge is 0.200 e. The molecule has 7 nitrogen and oxygen atoms in total. The number of benzene rings is 1. The molecule has 32 heavy (non-hydrogen) atoms. The highest BCUT2D eigenvalue weighted by molar-refractivity contribution is 6.28. The fourth-order valence-electron chi connectivity index (χ4n) is 4.70. The summed E-state index contributed by atoms with van der Waals surface area (Å²) in [7, 11) is 0. The second-order valence-electron chi connectivity index (χ2n) is 9.35. The Morgan fingerprint density at radius 3 is 2.59 bits per heavy atom. The predicted octanol–water partition coefficient (Wildman–Crippen LogP) is 2.90. The normalized spacial score (nSPS) is 27.4. The molecule has 6 rings (SSSR count). The molecular weight excluding hydrogens is 412 g/mol. The number of ketones is 2. The minimum Gasteiger partial charge on any atom is -0.507 e. The number of rotatable bonds is 1. The van der Waals surface area contributed by atoms with E-state index in [-0.39, 0.29) is 47.5 Å². The molecule has 5 aliphatic rings. The summed E-state index contributed by atoms with van der Waals surface area (Å²) in [5.74, 6) is -1.99. The first-order chi connectivity index (χ1) is 15.0.